The molecule has 2 N–H and O–H groups in total. The highest BCUT2D eigenvalue weighted by atomic mass is 19.1. The second kappa shape index (κ2) is 3.98. The zero-order chi connectivity index (χ0) is 12.7. The fourth-order valence-corrected chi connectivity index (χ4v) is 2.85. The number of methoxy groups -OCH3 is 1. The third-order valence-corrected chi connectivity index (χ3v) is 4.25. The Labute approximate surface area is 102 Å². The molecule has 0 saturated heterocycles. The fourth-order valence-electron chi connectivity index (χ4n) is 2.85. The van der Waals surface area contributed by atoms with Crippen LogP contribution in [0.3, 0.4) is 0 Å². The monoisotopic (exact) mass is 237 g/mol. The summed E-state index contributed by atoms with van der Waals surface area (Å²) < 4.78 is 18.7. The highest BCUT2D eigenvalue weighted by Gasteiger charge is 2.47. The van der Waals surface area contributed by atoms with Gasteiger partial charge in [-0.2, -0.15) is 0 Å². The number of hydrogen-bond acceptors (Lipinski definition) is 2. The van der Waals surface area contributed by atoms with Crippen LogP contribution in [0.4, 0.5) is 4.39 Å². The van der Waals surface area contributed by atoms with Gasteiger partial charge in [-0.15, -0.1) is 0 Å². The summed E-state index contributed by atoms with van der Waals surface area (Å²) in [7, 11) is 1.47. The standard InChI is InChI=1S/C14H20FNO/c1-13(2)7-4-8-14(13,16)10-5-6-12(17-3)11(15)9-10/h5-6,9H,4,7-8,16H2,1-3H3. The van der Waals surface area contributed by atoms with Crippen LogP contribution in [0.2, 0.25) is 0 Å². The molecule has 1 aliphatic carbocycles. The first kappa shape index (κ1) is 12.4. The quantitative estimate of drug-likeness (QED) is 0.857. The molecular formula is C14H20FNO. The van der Waals surface area contributed by atoms with Gasteiger partial charge < -0.3 is 10.5 Å². The molecule has 1 saturated carbocycles. The van der Waals surface area contributed by atoms with Crippen LogP contribution in [0.5, 0.6) is 5.75 Å². The summed E-state index contributed by atoms with van der Waals surface area (Å²) >= 11 is 0. The summed E-state index contributed by atoms with van der Waals surface area (Å²) in [6, 6.07) is 5.06. The molecule has 1 fully saturated rings. The van der Waals surface area contributed by atoms with Crippen LogP contribution >= 0.6 is 0 Å². The first-order valence-electron chi connectivity index (χ1n) is 6.04. The van der Waals surface area contributed by atoms with Crippen LogP contribution in [0.15, 0.2) is 18.2 Å². The predicted molar refractivity (Wildman–Crippen MR) is 66.4 cm³/mol. The molecule has 1 unspecified atom stereocenters. The van der Waals surface area contributed by atoms with E-state index < -0.39 is 5.54 Å². The summed E-state index contributed by atoms with van der Waals surface area (Å²) in [5.41, 5.74) is 6.96. The summed E-state index contributed by atoms with van der Waals surface area (Å²) in [6.45, 7) is 4.31. The van der Waals surface area contributed by atoms with E-state index in [0.29, 0.717) is 0 Å². The highest BCUT2D eigenvalue weighted by molar-refractivity contribution is 5.35. The number of benzene rings is 1. The smallest absolute Gasteiger partial charge is 0.165 e. The average molecular weight is 237 g/mol. The third kappa shape index (κ3) is 1.82. The van der Waals surface area contributed by atoms with Crippen LogP contribution in [-0.2, 0) is 5.54 Å². The van der Waals surface area contributed by atoms with Crippen molar-refractivity contribution < 1.29 is 9.13 Å². The van der Waals surface area contributed by atoms with Crippen molar-refractivity contribution >= 4 is 0 Å². The van der Waals surface area contributed by atoms with Gasteiger partial charge in [-0.3, -0.25) is 0 Å². The molecule has 0 bridgehead atoms. The van der Waals surface area contributed by atoms with Crippen molar-refractivity contribution in [3.8, 4) is 5.75 Å². The van der Waals surface area contributed by atoms with E-state index in [1.807, 2.05) is 6.07 Å². The fraction of sp³-hybridized carbons (Fsp3) is 0.571. The molecule has 0 spiro atoms. The molecule has 0 heterocycles. The van der Waals surface area contributed by atoms with Crippen molar-refractivity contribution in [1.29, 1.82) is 0 Å². The van der Waals surface area contributed by atoms with Crippen molar-refractivity contribution in [3.63, 3.8) is 0 Å². The van der Waals surface area contributed by atoms with Crippen LogP contribution in [0.25, 0.3) is 0 Å². The normalized spacial score (nSPS) is 27.1. The molecule has 1 atom stereocenters. The Balaban J connectivity index is 2.44. The van der Waals surface area contributed by atoms with Gasteiger partial charge in [0.15, 0.2) is 11.6 Å². The van der Waals surface area contributed by atoms with Crippen molar-refractivity contribution in [2.24, 2.45) is 11.1 Å². The number of nitrogens with two attached hydrogens (primary N) is 1. The maximum Gasteiger partial charge on any atom is 0.165 e. The zero-order valence-corrected chi connectivity index (χ0v) is 10.7. The molecule has 94 valence electrons. The maximum atomic E-state index is 13.7. The van der Waals surface area contributed by atoms with Crippen molar-refractivity contribution in [2.45, 2.75) is 38.6 Å². The molecular weight excluding hydrogens is 217 g/mol. The Bertz CT molecular complexity index is 430. The third-order valence-electron chi connectivity index (χ3n) is 4.25. The van der Waals surface area contributed by atoms with Gasteiger partial charge in [0.2, 0.25) is 0 Å². The minimum Gasteiger partial charge on any atom is -0.494 e. The van der Waals surface area contributed by atoms with Gasteiger partial charge in [0, 0.05) is 5.54 Å². The van der Waals surface area contributed by atoms with Gasteiger partial charge in [0.05, 0.1) is 7.11 Å². The lowest BCUT2D eigenvalue weighted by atomic mass is 9.71. The Morgan fingerprint density at radius 1 is 1.29 bits per heavy atom. The van der Waals surface area contributed by atoms with E-state index in [1.54, 1.807) is 6.07 Å². The number of ether oxygens (including phenoxy) is 1. The average Bonchev–Trinajstić information content (AvgIpc) is 2.54. The molecule has 0 aromatic heterocycles. The number of hydrogen-bond donors (Lipinski definition) is 1. The van der Waals surface area contributed by atoms with E-state index in [9.17, 15) is 4.39 Å². The largest absolute Gasteiger partial charge is 0.494 e. The van der Waals surface area contributed by atoms with E-state index in [-0.39, 0.29) is 17.0 Å². The maximum absolute atomic E-state index is 13.7. The lowest BCUT2D eigenvalue weighted by Gasteiger charge is -2.38. The Kier molecular flexibility index (Phi) is 2.90. The lowest BCUT2D eigenvalue weighted by molar-refractivity contribution is 0.209. The highest BCUT2D eigenvalue weighted by Crippen LogP contribution is 2.50. The molecule has 1 aliphatic rings. The van der Waals surface area contributed by atoms with Crippen molar-refractivity contribution in [3.05, 3.63) is 29.6 Å². The van der Waals surface area contributed by atoms with Gasteiger partial charge >= 0.3 is 0 Å². The molecule has 3 heteroatoms. The second-order valence-corrected chi connectivity index (χ2v) is 5.56. The number of halogens is 1. The first-order valence-corrected chi connectivity index (χ1v) is 6.04. The van der Waals surface area contributed by atoms with E-state index in [0.717, 1.165) is 24.8 Å². The van der Waals surface area contributed by atoms with Gasteiger partial charge in [-0.1, -0.05) is 26.3 Å². The van der Waals surface area contributed by atoms with E-state index in [4.69, 9.17) is 10.5 Å². The second-order valence-electron chi connectivity index (χ2n) is 5.56. The molecule has 0 aliphatic heterocycles. The van der Waals surface area contributed by atoms with Crippen LogP contribution in [0, 0.1) is 11.2 Å². The molecule has 1 aromatic rings. The summed E-state index contributed by atoms with van der Waals surface area (Å²) in [4.78, 5) is 0. The van der Waals surface area contributed by atoms with Gasteiger partial charge in [-0.05, 0) is 36.0 Å². The van der Waals surface area contributed by atoms with Crippen LogP contribution in [-0.4, -0.2) is 7.11 Å². The molecule has 0 amide bonds. The van der Waals surface area contributed by atoms with E-state index >= 15 is 0 Å². The summed E-state index contributed by atoms with van der Waals surface area (Å²) in [6.07, 6.45) is 3.08. The molecule has 17 heavy (non-hydrogen) atoms. The molecule has 1 aromatic carbocycles. The minimum absolute atomic E-state index is 0.00796. The Morgan fingerprint density at radius 2 is 2.00 bits per heavy atom. The van der Waals surface area contributed by atoms with Gasteiger partial charge in [0.25, 0.3) is 0 Å². The Hall–Kier alpha value is -1.09. The molecule has 2 nitrogen and oxygen atoms in total. The van der Waals surface area contributed by atoms with Crippen molar-refractivity contribution in [1.82, 2.24) is 0 Å². The minimum atomic E-state index is -0.430. The zero-order valence-electron chi connectivity index (χ0n) is 10.7. The molecule has 0 radical (unpaired) electrons. The molecule has 2 rings (SSSR count). The van der Waals surface area contributed by atoms with Crippen LogP contribution in [0.1, 0.15) is 38.7 Å². The Morgan fingerprint density at radius 3 is 2.47 bits per heavy atom. The number of rotatable bonds is 2. The first-order chi connectivity index (χ1) is 7.90. The van der Waals surface area contributed by atoms with E-state index in [1.165, 1.54) is 13.2 Å². The lowest BCUT2D eigenvalue weighted by Crippen LogP contribution is -2.45. The SMILES string of the molecule is COc1ccc(C2(N)CCCC2(C)C)cc1F. The van der Waals surface area contributed by atoms with Gasteiger partial charge in [0.1, 0.15) is 0 Å². The summed E-state index contributed by atoms with van der Waals surface area (Å²) in [5, 5.41) is 0. The van der Waals surface area contributed by atoms with E-state index in [2.05, 4.69) is 13.8 Å². The van der Waals surface area contributed by atoms with Crippen LogP contribution < -0.4 is 10.5 Å². The predicted octanol–water partition coefficient (Wildman–Crippen LogP) is 3.20. The summed E-state index contributed by atoms with van der Waals surface area (Å²) in [5.74, 6) is -0.0642. The van der Waals surface area contributed by atoms with Gasteiger partial charge in [-0.25, -0.2) is 4.39 Å². The topological polar surface area (TPSA) is 35.2 Å². The van der Waals surface area contributed by atoms with Crippen molar-refractivity contribution in [2.75, 3.05) is 7.11 Å².